The van der Waals surface area contributed by atoms with Crippen LogP contribution in [0.5, 0.6) is 0 Å². The van der Waals surface area contributed by atoms with Crippen molar-refractivity contribution in [3.05, 3.63) is 72.1 Å². The Kier molecular flexibility index (Phi) is 4.18. The molecule has 1 amide bonds. The zero-order valence-electron chi connectivity index (χ0n) is 14.2. The fourth-order valence-electron chi connectivity index (χ4n) is 2.85. The third-order valence-corrected chi connectivity index (χ3v) is 4.04. The van der Waals surface area contributed by atoms with Crippen LogP contribution in [0.15, 0.2) is 59.4 Å². The predicted octanol–water partition coefficient (Wildman–Crippen LogP) is 2.96. The maximum Gasteiger partial charge on any atom is 0.244 e. The van der Waals surface area contributed by atoms with Gasteiger partial charge in [0, 0.05) is 5.69 Å². The topological polar surface area (TPSA) is 85.8 Å². The second-order valence-electron chi connectivity index (χ2n) is 5.98. The Morgan fingerprint density at radius 3 is 2.81 bits per heavy atom. The second kappa shape index (κ2) is 6.79. The van der Waals surface area contributed by atoms with Crippen LogP contribution in [0.25, 0.3) is 11.0 Å². The normalized spacial score (nSPS) is 11.0. The molecule has 2 heterocycles. The van der Waals surface area contributed by atoms with Gasteiger partial charge >= 0.3 is 0 Å². The summed E-state index contributed by atoms with van der Waals surface area (Å²) in [7, 11) is 0. The Morgan fingerprint density at radius 2 is 1.96 bits per heavy atom. The SMILES string of the molecule is Cc1noc(Cc2ccccc2NC(=O)Cn2cnc3ccccc32)n1. The molecule has 130 valence electrons. The Hall–Kier alpha value is -3.48. The van der Waals surface area contributed by atoms with Crippen LogP contribution in [-0.2, 0) is 17.8 Å². The summed E-state index contributed by atoms with van der Waals surface area (Å²) < 4.78 is 7.00. The van der Waals surface area contributed by atoms with Gasteiger partial charge in [-0.1, -0.05) is 35.5 Å². The molecule has 7 heteroatoms. The number of hydrogen-bond donors (Lipinski definition) is 1. The van der Waals surface area contributed by atoms with Gasteiger partial charge in [-0.15, -0.1) is 0 Å². The highest BCUT2D eigenvalue weighted by Crippen LogP contribution is 2.19. The van der Waals surface area contributed by atoms with Gasteiger partial charge in [0.15, 0.2) is 5.82 Å². The van der Waals surface area contributed by atoms with Crippen molar-refractivity contribution in [2.75, 3.05) is 5.32 Å². The molecule has 0 fully saturated rings. The van der Waals surface area contributed by atoms with E-state index in [0.717, 1.165) is 22.3 Å². The molecule has 0 atom stereocenters. The minimum atomic E-state index is -0.123. The minimum Gasteiger partial charge on any atom is -0.339 e. The first kappa shape index (κ1) is 16.0. The largest absolute Gasteiger partial charge is 0.339 e. The molecule has 0 bridgehead atoms. The van der Waals surface area contributed by atoms with Gasteiger partial charge in [0.05, 0.1) is 23.8 Å². The van der Waals surface area contributed by atoms with Gasteiger partial charge in [-0.25, -0.2) is 4.98 Å². The molecule has 4 aromatic rings. The summed E-state index contributed by atoms with van der Waals surface area (Å²) in [6, 6.07) is 15.3. The fraction of sp³-hybridized carbons (Fsp3) is 0.158. The van der Waals surface area contributed by atoms with E-state index in [-0.39, 0.29) is 12.5 Å². The molecule has 2 aromatic heterocycles. The Bertz CT molecular complexity index is 1070. The number of nitrogens with one attached hydrogen (secondary N) is 1. The quantitative estimate of drug-likeness (QED) is 0.600. The van der Waals surface area contributed by atoms with Crippen LogP contribution in [0, 0.1) is 6.92 Å². The van der Waals surface area contributed by atoms with E-state index in [9.17, 15) is 4.79 Å². The van der Waals surface area contributed by atoms with Gasteiger partial charge in [0.25, 0.3) is 0 Å². The molecule has 0 aliphatic carbocycles. The lowest BCUT2D eigenvalue weighted by molar-refractivity contribution is -0.116. The third-order valence-electron chi connectivity index (χ3n) is 4.04. The number of rotatable bonds is 5. The van der Waals surface area contributed by atoms with Crippen LogP contribution in [0.1, 0.15) is 17.3 Å². The number of fused-ring (bicyclic) bond motifs is 1. The molecule has 0 unspecified atom stereocenters. The highest BCUT2D eigenvalue weighted by molar-refractivity contribution is 5.92. The Morgan fingerprint density at radius 1 is 1.15 bits per heavy atom. The molecule has 0 saturated carbocycles. The summed E-state index contributed by atoms with van der Waals surface area (Å²) in [6.45, 7) is 1.96. The summed E-state index contributed by atoms with van der Waals surface area (Å²) in [5.41, 5.74) is 3.45. The summed E-state index contributed by atoms with van der Waals surface area (Å²) in [5.74, 6) is 0.987. The first-order valence-electron chi connectivity index (χ1n) is 8.26. The lowest BCUT2D eigenvalue weighted by atomic mass is 10.1. The summed E-state index contributed by atoms with van der Waals surface area (Å²) in [5, 5.41) is 6.76. The molecule has 26 heavy (non-hydrogen) atoms. The maximum absolute atomic E-state index is 12.5. The average Bonchev–Trinajstić information content (AvgIpc) is 3.23. The van der Waals surface area contributed by atoms with Crippen molar-refractivity contribution in [3.63, 3.8) is 0 Å². The van der Waals surface area contributed by atoms with Gasteiger partial charge in [0.1, 0.15) is 6.54 Å². The third kappa shape index (κ3) is 3.32. The number of hydrogen-bond acceptors (Lipinski definition) is 5. The van der Waals surface area contributed by atoms with Crippen LogP contribution in [0.2, 0.25) is 0 Å². The first-order chi connectivity index (χ1) is 12.7. The van der Waals surface area contributed by atoms with Crippen LogP contribution >= 0.6 is 0 Å². The maximum atomic E-state index is 12.5. The monoisotopic (exact) mass is 347 g/mol. The predicted molar refractivity (Wildman–Crippen MR) is 96.6 cm³/mol. The molecule has 0 radical (unpaired) electrons. The van der Waals surface area contributed by atoms with Crippen molar-refractivity contribution in [1.82, 2.24) is 19.7 Å². The number of imidazole rings is 1. The zero-order chi connectivity index (χ0) is 17.9. The molecule has 7 nitrogen and oxygen atoms in total. The summed E-state index contributed by atoms with van der Waals surface area (Å²) >= 11 is 0. The number of aryl methyl sites for hydroxylation is 1. The number of carbonyl (C=O) groups excluding carboxylic acids is 1. The van der Waals surface area contributed by atoms with Gasteiger partial charge in [0.2, 0.25) is 11.8 Å². The van der Waals surface area contributed by atoms with Crippen molar-refractivity contribution in [2.24, 2.45) is 0 Å². The van der Waals surface area contributed by atoms with Gasteiger partial charge < -0.3 is 14.4 Å². The van der Waals surface area contributed by atoms with E-state index in [1.807, 2.05) is 53.1 Å². The van der Waals surface area contributed by atoms with Crippen molar-refractivity contribution < 1.29 is 9.32 Å². The lowest BCUT2D eigenvalue weighted by Gasteiger charge is -2.10. The fourth-order valence-corrected chi connectivity index (χ4v) is 2.85. The van der Waals surface area contributed by atoms with Crippen molar-refractivity contribution >= 4 is 22.6 Å². The number of carbonyl (C=O) groups is 1. The van der Waals surface area contributed by atoms with E-state index >= 15 is 0 Å². The zero-order valence-corrected chi connectivity index (χ0v) is 14.2. The number of aromatic nitrogens is 4. The van der Waals surface area contributed by atoms with Crippen LogP contribution < -0.4 is 5.32 Å². The molecule has 0 saturated heterocycles. The van der Waals surface area contributed by atoms with E-state index in [4.69, 9.17) is 4.52 Å². The molecule has 0 aliphatic rings. The van der Waals surface area contributed by atoms with Crippen molar-refractivity contribution in [1.29, 1.82) is 0 Å². The number of amides is 1. The van der Waals surface area contributed by atoms with Gasteiger partial charge in [-0.05, 0) is 30.7 Å². The van der Waals surface area contributed by atoms with E-state index in [0.29, 0.717) is 18.1 Å². The highest BCUT2D eigenvalue weighted by Gasteiger charge is 2.12. The highest BCUT2D eigenvalue weighted by atomic mass is 16.5. The molecule has 4 rings (SSSR count). The lowest BCUT2D eigenvalue weighted by Crippen LogP contribution is -2.19. The minimum absolute atomic E-state index is 0.123. The van der Waals surface area contributed by atoms with E-state index < -0.39 is 0 Å². The second-order valence-corrected chi connectivity index (χ2v) is 5.98. The standard InChI is InChI=1S/C19H17N5O2/c1-13-21-19(26-23-13)10-14-6-2-3-7-15(14)22-18(25)11-24-12-20-16-8-4-5-9-17(16)24/h2-9,12H,10-11H2,1H3,(H,22,25). The first-order valence-corrected chi connectivity index (χ1v) is 8.26. The van der Waals surface area contributed by atoms with E-state index in [2.05, 4.69) is 20.4 Å². The van der Waals surface area contributed by atoms with Crippen LogP contribution in [0.4, 0.5) is 5.69 Å². The van der Waals surface area contributed by atoms with Crippen LogP contribution in [-0.4, -0.2) is 25.6 Å². The molecular weight excluding hydrogens is 330 g/mol. The number of anilines is 1. The van der Waals surface area contributed by atoms with Crippen molar-refractivity contribution in [2.45, 2.75) is 19.9 Å². The molecule has 2 aromatic carbocycles. The summed E-state index contributed by atoms with van der Waals surface area (Å²) in [6.07, 6.45) is 2.14. The smallest absolute Gasteiger partial charge is 0.244 e. The number of nitrogens with zero attached hydrogens (tertiary/aromatic N) is 4. The summed E-state index contributed by atoms with van der Waals surface area (Å²) in [4.78, 5) is 21.0. The number of benzene rings is 2. The van der Waals surface area contributed by atoms with E-state index in [1.165, 1.54) is 0 Å². The molecule has 0 aliphatic heterocycles. The van der Waals surface area contributed by atoms with E-state index in [1.54, 1.807) is 13.3 Å². The van der Waals surface area contributed by atoms with Crippen molar-refractivity contribution in [3.8, 4) is 0 Å². The molecular formula is C19H17N5O2. The van der Waals surface area contributed by atoms with Crippen LogP contribution in [0.3, 0.4) is 0 Å². The Balaban J connectivity index is 1.51. The van der Waals surface area contributed by atoms with Gasteiger partial charge in [-0.3, -0.25) is 4.79 Å². The average molecular weight is 347 g/mol. The molecule has 0 spiro atoms. The number of para-hydroxylation sites is 3. The van der Waals surface area contributed by atoms with Gasteiger partial charge in [-0.2, -0.15) is 4.98 Å². The molecule has 1 N–H and O–H groups in total. The Labute approximate surface area is 149 Å².